The fraction of sp³-hybridized carbons (Fsp3) is 0. The highest BCUT2D eigenvalue weighted by Gasteiger charge is 2.19. The SMILES string of the molecule is c1ccc(-c2nc(-c3ccccc3)nc(-c3ccc4sc5ccc6c7ccc(-n8c9ccccc9c9ccccc98)cc7oc6c5c4c3)n2)cc1. The van der Waals surface area contributed by atoms with Crippen LogP contribution in [0.3, 0.4) is 0 Å². The van der Waals surface area contributed by atoms with E-state index < -0.39 is 0 Å². The Hall–Kier alpha value is -6.63. The van der Waals surface area contributed by atoms with E-state index in [0.717, 1.165) is 55.1 Å². The van der Waals surface area contributed by atoms with Crippen LogP contribution >= 0.6 is 11.3 Å². The summed E-state index contributed by atoms with van der Waals surface area (Å²) in [5, 5.41) is 6.93. The lowest BCUT2D eigenvalue weighted by atomic mass is 10.1. The van der Waals surface area contributed by atoms with Gasteiger partial charge in [-0.05, 0) is 54.6 Å². The molecular weight excluding hydrogens is 645 g/mol. The second-order valence-corrected chi connectivity index (χ2v) is 13.9. The first-order valence-corrected chi connectivity index (χ1v) is 17.8. The summed E-state index contributed by atoms with van der Waals surface area (Å²) in [6.07, 6.45) is 0. The predicted octanol–water partition coefficient (Wildman–Crippen LogP) is 12.2. The first-order chi connectivity index (χ1) is 25.3. The normalized spacial score (nSPS) is 11.9. The fourth-order valence-corrected chi connectivity index (χ4v) is 8.58. The van der Waals surface area contributed by atoms with Gasteiger partial charge in [0.2, 0.25) is 0 Å². The zero-order valence-electron chi connectivity index (χ0n) is 27.1. The lowest BCUT2D eigenvalue weighted by molar-refractivity contribution is 0.672. The molecular formula is C45H26N4OS. The van der Waals surface area contributed by atoms with E-state index >= 15 is 0 Å². The second kappa shape index (κ2) is 10.9. The largest absolute Gasteiger partial charge is 0.455 e. The van der Waals surface area contributed by atoms with E-state index in [-0.39, 0.29) is 0 Å². The summed E-state index contributed by atoms with van der Waals surface area (Å²) in [5.74, 6) is 1.93. The van der Waals surface area contributed by atoms with Crippen molar-refractivity contribution in [3.05, 3.63) is 158 Å². The molecule has 0 radical (unpaired) electrons. The predicted molar refractivity (Wildman–Crippen MR) is 211 cm³/mol. The van der Waals surface area contributed by atoms with Gasteiger partial charge < -0.3 is 8.98 Å². The molecule has 0 aliphatic rings. The Labute approximate surface area is 295 Å². The van der Waals surface area contributed by atoms with Crippen molar-refractivity contribution in [3.8, 4) is 39.9 Å². The van der Waals surface area contributed by atoms with Crippen LogP contribution in [0.5, 0.6) is 0 Å². The van der Waals surface area contributed by atoms with Crippen molar-refractivity contribution >= 4 is 75.3 Å². The van der Waals surface area contributed by atoms with Gasteiger partial charge >= 0.3 is 0 Å². The molecule has 51 heavy (non-hydrogen) atoms. The molecule has 7 aromatic carbocycles. The Balaban J connectivity index is 1.11. The van der Waals surface area contributed by atoms with E-state index in [1.807, 2.05) is 60.7 Å². The van der Waals surface area contributed by atoms with Gasteiger partial charge in [-0.15, -0.1) is 11.3 Å². The van der Waals surface area contributed by atoms with Crippen molar-refractivity contribution < 1.29 is 4.42 Å². The summed E-state index contributed by atoms with van der Waals surface area (Å²) in [4.78, 5) is 14.9. The topological polar surface area (TPSA) is 56.7 Å². The molecule has 0 saturated carbocycles. The first kappa shape index (κ1) is 28.2. The molecule has 5 nitrogen and oxygen atoms in total. The minimum Gasteiger partial charge on any atom is -0.455 e. The Morgan fingerprint density at radius 2 is 1.00 bits per heavy atom. The smallest absolute Gasteiger partial charge is 0.164 e. The van der Waals surface area contributed by atoms with Crippen LogP contribution in [0.15, 0.2) is 162 Å². The Bertz CT molecular complexity index is 3030. The molecule has 0 spiro atoms. The van der Waals surface area contributed by atoms with Gasteiger partial charge in [0.25, 0.3) is 0 Å². The van der Waals surface area contributed by atoms with Gasteiger partial charge in [-0.2, -0.15) is 0 Å². The highest BCUT2D eigenvalue weighted by molar-refractivity contribution is 7.26. The molecule has 0 aliphatic carbocycles. The molecule has 6 heteroatoms. The molecule has 11 aromatic rings. The maximum absolute atomic E-state index is 6.85. The highest BCUT2D eigenvalue weighted by Crippen LogP contribution is 2.43. The number of para-hydroxylation sites is 2. The third-order valence-corrected chi connectivity index (χ3v) is 11.0. The molecule has 0 bridgehead atoms. The van der Waals surface area contributed by atoms with Gasteiger partial charge in [-0.3, -0.25) is 0 Å². The quantitative estimate of drug-likeness (QED) is 0.187. The van der Waals surface area contributed by atoms with Crippen LogP contribution in [-0.2, 0) is 0 Å². The van der Waals surface area contributed by atoms with Gasteiger partial charge in [0.05, 0.1) is 11.0 Å². The monoisotopic (exact) mass is 670 g/mol. The van der Waals surface area contributed by atoms with Crippen LogP contribution in [0, 0.1) is 0 Å². The Morgan fingerprint density at radius 1 is 0.431 bits per heavy atom. The van der Waals surface area contributed by atoms with Crippen LogP contribution in [0.4, 0.5) is 0 Å². The number of hydrogen-bond donors (Lipinski definition) is 0. The number of nitrogens with zero attached hydrogens (tertiary/aromatic N) is 4. The molecule has 4 heterocycles. The average molecular weight is 671 g/mol. The van der Waals surface area contributed by atoms with Crippen LogP contribution in [-0.4, -0.2) is 19.5 Å². The zero-order chi connectivity index (χ0) is 33.5. The van der Waals surface area contributed by atoms with Crippen LogP contribution < -0.4 is 0 Å². The number of rotatable bonds is 4. The number of benzene rings is 7. The van der Waals surface area contributed by atoms with E-state index in [2.05, 4.69) is 102 Å². The summed E-state index contributed by atoms with van der Waals surface area (Å²) in [7, 11) is 0. The Kier molecular flexibility index (Phi) is 6.05. The summed E-state index contributed by atoms with van der Waals surface area (Å²) in [6, 6.07) is 54.9. The molecule has 0 fully saturated rings. The molecule has 11 rings (SSSR count). The fourth-order valence-electron chi connectivity index (χ4n) is 7.50. The van der Waals surface area contributed by atoms with Gasteiger partial charge in [-0.25, -0.2) is 15.0 Å². The van der Waals surface area contributed by atoms with E-state index in [1.165, 1.54) is 31.2 Å². The molecule has 0 amide bonds. The van der Waals surface area contributed by atoms with Crippen molar-refractivity contribution in [2.45, 2.75) is 0 Å². The van der Waals surface area contributed by atoms with Crippen LogP contribution in [0.1, 0.15) is 0 Å². The van der Waals surface area contributed by atoms with Crippen molar-refractivity contribution in [2.75, 3.05) is 0 Å². The Morgan fingerprint density at radius 3 is 1.67 bits per heavy atom. The van der Waals surface area contributed by atoms with Crippen molar-refractivity contribution in [1.82, 2.24) is 19.5 Å². The molecule has 0 aliphatic heterocycles. The third-order valence-electron chi connectivity index (χ3n) is 9.85. The van der Waals surface area contributed by atoms with Gasteiger partial charge in [0.15, 0.2) is 17.5 Å². The highest BCUT2D eigenvalue weighted by atomic mass is 32.1. The summed E-state index contributed by atoms with van der Waals surface area (Å²) >= 11 is 1.78. The number of hydrogen-bond acceptors (Lipinski definition) is 5. The van der Waals surface area contributed by atoms with Crippen LogP contribution in [0.25, 0.3) is 104 Å². The van der Waals surface area contributed by atoms with Crippen molar-refractivity contribution in [3.63, 3.8) is 0 Å². The van der Waals surface area contributed by atoms with Crippen molar-refractivity contribution in [1.29, 1.82) is 0 Å². The zero-order valence-corrected chi connectivity index (χ0v) is 27.9. The minimum absolute atomic E-state index is 0.636. The van der Waals surface area contributed by atoms with E-state index in [9.17, 15) is 0 Å². The summed E-state index contributed by atoms with van der Waals surface area (Å²) < 4.78 is 11.6. The molecule has 0 unspecified atom stereocenters. The lowest BCUT2D eigenvalue weighted by Gasteiger charge is -2.08. The average Bonchev–Trinajstić information content (AvgIpc) is 3.87. The molecule has 238 valence electrons. The summed E-state index contributed by atoms with van der Waals surface area (Å²) in [6.45, 7) is 0. The maximum atomic E-state index is 6.85. The second-order valence-electron chi connectivity index (χ2n) is 12.8. The van der Waals surface area contributed by atoms with E-state index in [4.69, 9.17) is 19.4 Å². The maximum Gasteiger partial charge on any atom is 0.164 e. The number of aromatic nitrogens is 4. The van der Waals surface area contributed by atoms with Crippen LogP contribution in [0.2, 0.25) is 0 Å². The first-order valence-electron chi connectivity index (χ1n) is 16.9. The number of thiophene rings is 1. The lowest BCUT2D eigenvalue weighted by Crippen LogP contribution is -2.00. The van der Waals surface area contributed by atoms with Gasteiger partial charge in [0.1, 0.15) is 11.2 Å². The third kappa shape index (κ3) is 4.37. The standard InChI is InChI=1S/C45H26N4OS/c1-3-11-27(12-4-1)43-46-44(28-13-5-2-6-14-28)48-45(47-43)29-19-23-39-35(25-29)41-40(51-39)24-22-34-33-21-20-30(26-38(33)50-42(34)41)49-36-17-9-7-15-31(36)32-16-8-10-18-37(32)49/h1-26H. The number of furan rings is 1. The summed E-state index contributed by atoms with van der Waals surface area (Å²) in [5.41, 5.74) is 8.02. The van der Waals surface area contributed by atoms with Gasteiger partial charge in [-0.1, -0.05) is 97.1 Å². The molecule has 0 N–H and O–H groups in total. The number of fused-ring (bicyclic) bond motifs is 10. The molecule has 0 saturated heterocycles. The van der Waals surface area contributed by atoms with Gasteiger partial charge in [0, 0.05) is 70.2 Å². The van der Waals surface area contributed by atoms with Crippen molar-refractivity contribution in [2.24, 2.45) is 0 Å². The molecule has 0 atom stereocenters. The minimum atomic E-state index is 0.636. The van der Waals surface area contributed by atoms with E-state index in [1.54, 1.807) is 11.3 Å². The van der Waals surface area contributed by atoms with E-state index in [0.29, 0.717) is 17.5 Å². The molecule has 4 aromatic heterocycles.